The van der Waals surface area contributed by atoms with E-state index in [9.17, 15) is 9.50 Å². The minimum Gasteiger partial charge on any atom is -0.506 e. The molecule has 0 aliphatic rings. The summed E-state index contributed by atoms with van der Waals surface area (Å²) in [7, 11) is 0. The fraction of sp³-hybridized carbons (Fsp3) is 0. The Morgan fingerprint density at radius 2 is 1.94 bits per heavy atom. The number of aromatic hydroxyl groups is 1. The van der Waals surface area contributed by atoms with Gasteiger partial charge in [0.25, 0.3) is 0 Å². The van der Waals surface area contributed by atoms with Gasteiger partial charge in [-0.1, -0.05) is 23.7 Å². The van der Waals surface area contributed by atoms with Crippen LogP contribution in [0.1, 0.15) is 0 Å². The summed E-state index contributed by atoms with van der Waals surface area (Å²) in [6, 6.07) is 11.2. The number of halogens is 2. The molecule has 2 aromatic carbocycles. The summed E-state index contributed by atoms with van der Waals surface area (Å²) in [6.45, 7) is 0. The molecule has 2 nitrogen and oxygen atoms in total. The van der Waals surface area contributed by atoms with Gasteiger partial charge in [-0.2, -0.15) is 0 Å². The van der Waals surface area contributed by atoms with Crippen molar-refractivity contribution in [1.29, 1.82) is 0 Å². The summed E-state index contributed by atoms with van der Waals surface area (Å²) in [4.78, 5) is 0. The molecular weight excluding hydrogens is 255 g/mol. The Labute approximate surface area is 107 Å². The second-order valence-electron chi connectivity index (χ2n) is 3.94. The van der Waals surface area contributed by atoms with E-state index in [0.717, 1.165) is 0 Å². The van der Waals surface area contributed by atoms with Gasteiger partial charge in [-0.3, -0.25) is 0 Å². The Bertz CT molecular complexity index is 734. The average molecular weight is 263 g/mol. The van der Waals surface area contributed by atoms with Gasteiger partial charge in [0.15, 0.2) is 11.4 Å². The van der Waals surface area contributed by atoms with E-state index in [4.69, 9.17) is 16.0 Å². The molecule has 1 N–H and O–H groups in total. The Morgan fingerprint density at radius 3 is 2.67 bits per heavy atom. The molecule has 0 radical (unpaired) electrons. The SMILES string of the molecule is Oc1ccc(-c2cc3cccc(F)c3o2)cc1Cl. The molecule has 0 saturated carbocycles. The number of furan rings is 1. The standard InChI is InChI=1S/C14H8ClFO2/c15-10-6-8(4-5-12(10)17)13-7-9-2-1-3-11(16)14(9)18-13/h1-7,17H. The molecule has 3 rings (SSSR count). The van der Waals surface area contributed by atoms with Gasteiger partial charge in [0.2, 0.25) is 0 Å². The van der Waals surface area contributed by atoms with E-state index in [1.165, 1.54) is 12.1 Å². The third-order valence-corrected chi connectivity index (χ3v) is 3.03. The van der Waals surface area contributed by atoms with Crippen molar-refractivity contribution >= 4 is 22.6 Å². The summed E-state index contributed by atoms with van der Waals surface area (Å²) < 4.78 is 19.0. The van der Waals surface area contributed by atoms with Crippen molar-refractivity contribution in [2.45, 2.75) is 0 Å². The second kappa shape index (κ2) is 4.03. The molecule has 0 unspecified atom stereocenters. The van der Waals surface area contributed by atoms with E-state index < -0.39 is 5.82 Å². The van der Waals surface area contributed by atoms with Crippen LogP contribution in [0.3, 0.4) is 0 Å². The van der Waals surface area contributed by atoms with Gasteiger partial charge in [0.05, 0.1) is 5.02 Å². The van der Waals surface area contributed by atoms with Gasteiger partial charge in [-0.05, 0) is 30.3 Å². The Morgan fingerprint density at radius 1 is 1.11 bits per heavy atom. The summed E-state index contributed by atoms with van der Waals surface area (Å²) in [5.41, 5.74) is 0.907. The third kappa shape index (κ3) is 1.73. The molecule has 0 atom stereocenters. The molecule has 3 aromatic rings. The Hall–Kier alpha value is -2.00. The fourth-order valence-corrected chi connectivity index (χ4v) is 2.01. The highest BCUT2D eigenvalue weighted by Gasteiger charge is 2.10. The lowest BCUT2D eigenvalue weighted by Crippen LogP contribution is -1.74. The maximum Gasteiger partial charge on any atom is 0.170 e. The van der Waals surface area contributed by atoms with Crippen LogP contribution < -0.4 is 0 Å². The van der Waals surface area contributed by atoms with Gasteiger partial charge < -0.3 is 9.52 Å². The van der Waals surface area contributed by atoms with E-state index in [0.29, 0.717) is 16.7 Å². The molecule has 0 aliphatic carbocycles. The van der Waals surface area contributed by atoms with Crippen molar-refractivity contribution in [3.63, 3.8) is 0 Å². The number of hydrogen-bond donors (Lipinski definition) is 1. The predicted octanol–water partition coefficient (Wildman–Crippen LogP) is 4.60. The molecule has 1 heterocycles. The number of phenolic OH excluding ortho intramolecular Hbond substituents is 1. The number of fused-ring (bicyclic) bond motifs is 1. The third-order valence-electron chi connectivity index (χ3n) is 2.73. The normalized spacial score (nSPS) is 11.0. The lowest BCUT2D eigenvalue weighted by atomic mass is 10.1. The van der Waals surface area contributed by atoms with E-state index in [1.807, 2.05) is 0 Å². The highest BCUT2D eigenvalue weighted by Crippen LogP contribution is 2.33. The molecule has 4 heteroatoms. The first-order chi connectivity index (χ1) is 8.65. The molecule has 1 aromatic heterocycles. The smallest absolute Gasteiger partial charge is 0.170 e. The highest BCUT2D eigenvalue weighted by molar-refractivity contribution is 6.32. The van der Waals surface area contributed by atoms with Gasteiger partial charge in [0.1, 0.15) is 11.5 Å². The molecule has 0 amide bonds. The molecule has 0 aliphatic heterocycles. The van der Waals surface area contributed by atoms with Crippen molar-refractivity contribution in [1.82, 2.24) is 0 Å². The lowest BCUT2D eigenvalue weighted by molar-refractivity contribution is 0.475. The van der Waals surface area contributed by atoms with Crippen LogP contribution in [0.5, 0.6) is 5.75 Å². The summed E-state index contributed by atoms with van der Waals surface area (Å²) in [5.74, 6) is 0.114. The largest absolute Gasteiger partial charge is 0.506 e. The maximum atomic E-state index is 13.5. The predicted molar refractivity (Wildman–Crippen MR) is 68.3 cm³/mol. The van der Waals surface area contributed by atoms with Gasteiger partial charge in [0, 0.05) is 10.9 Å². The fourth-order valence-electron chi connectivity index (χ4n) is 1.83. The molecule has 0 spiro atoms. The van der Waals surface area contributed by atoms with E-state index >= 15 is 0 Å². The van der Waals surface area contributed by atoms with E-state index in [1.54, 1.807) is 30.3 Å². The van der Waals surface area contributed by atoms with Crippen LogP contribution in [0.15, 0.2) is 46.9 Å². The van der Waals surface area contributed by atoms with Crippen LogP contribution in [0.2, 0.25) is 5.02 Å². The summed E-state index contributed by atoms with van der Waals surface area (Å²) in [5, 5.41) is 10.3. The molecule has 0 saturated heterocycles. The van der Waals surface area contributed by atoms with Crippen LogP contribution in [-0.2, 0) is 0 Å². The first-order valence-electron chi connectivity index (χ1n) is 5.32. The van der Waals surface area contributed by atoms with Crippen LogP contribution in [-0.4, -0.2) is 5.11 Å². The van der Waals surface area contributed by atoms with Crippen molar-refractivity contribution in [2.75, 3.05) is 0 Å². The first-order valence-corrected chi connectivity index (χ1v) is 5.70. The molecular formula is C14H8ClFO2. The highest BCUT2D eigenvalue weighted by atomic mass is 35.5. The topological polar surface area (TPSA) is 33.4 Å². The Kier molecular flexibility index (Phi) is 2.49. The first kappa shape index (κ1) is 11.1. The molecule has 90 valence electrons. The number of para-hydroxylation sites is 1. The van der Waals surface area contributed by atoms with Crippen molar-refractivity contribution < 1.29 is 13.9 Å². The minimum atomic E-state index is -0.399. The minimum absolute atomic E-state index is 0.00251. The number of rotatable bonds is 1. The number of benzene rings is 2. The van der Waals surface area contributed by atoms with Crippen molar-refractivity contribution in [3.8, 4) is 17.1 Å². The number of phenols is 1. The van der Waals surface area contributed by atoms with Crippen LogP contribution in [0, 0.1) is 5.82 Å². The van der Waals surface area contributed by atoms with Gasteiger partial charge >= 0.3 is 0 Å². The van der Waals surface area contributed by atoms with Gasteiger partial charge in [-0.25, -0.2) is 4.39 Å². The summed E-state index contributed by atoms with van der Waals surface area (Å²) in [6.07, 6.45) is 0. The van der Waals surface area contributed by atoms with E-state index in [2.05, 4.69) is 0 Å². The van der Waals surface area contributed by atoms with Crippen LogP contribution in [0.4, 0.5) is 4.39 Å². The summed E-state index contributed by atoms with van der Waals surface area (Å²) >= 11 is 5.83. The van der Waals surface area contributed by atoms with Crippen LogP contribution in [0.25, 0.3) is 22.3 Å². The molecule has 18 heavy (non-hydrogen) atoms. The van der Waals surface area contributed by atoms with E-state index in [-0.39, 0.29) is 16.4 Å². The number of hydrogen-bond acceptors (Lipinski definition) is 2. The zero-order valence-electron chi connectivity index (χ0n) is 9.15. The molecule has 0 fully saturated rings. The zero-order chi connectivity index (χ0) is 12.7. The van der Waals surface area contributed by atoms with Crippen LogP contribution >= 0.6 is 11.6 Å². The van der Waals surface area contributed by atoms with Crippen molar-refractivity contribution in [2.24, 2.45) is 0 Å². The maximum absolute atomic E-state index is 13.5. The average Bonchev–Trinajstić information content (AvgIpc) is 2.78. The zero-order valence-corrected chi connectivity index (χ0v) is 9.91. The Balaban J connectivity index is 2.19. The molecule has 0 bridgehead atoms. The van der Waals surface area contributed by atoms with Crippen molar-refractivity contribution in [3.05, 3.63) is 53.3 Å². The monoisotopic (exact) mass is 262 g/mol. The quantitative estimate of drug-likeness (QED) is 0.695. The van der Waals surface area contributed by atoms with Gasteiger partial charge in [-0.15, -0.1) is 0 Å². The second-order valence-corrected chi connectivity index (χ2v) is 4.34. The lowest BCUT2D eigenvalue weighted by Gasteiger charge is -1.99.